The molecule has 0 spiro atoms. The van der Waals surface area contributed by atoms with E-state index in [-0.39, 0.29) is 5.91 Å². The van der Waals surface area contributed by atoms with Crippen molar-refractivity contribution in [2.75, 3.05) is 45.9 Å². The van der Waals surface area contributed by atoms with Gasteiger partial charge in [-0.15, -0.1) is 0 Å². The van der Waals surface area contributed by atoms with Crippen LogP contribution >= 0.6 is 0 Å². The molecule has 98 valence electrons. The van der Waals surface area contributed by atoms with Gasteiger partial charge in [0.05, 0.1) is 13.2 Å². The van der Waals surface area contributed by atoms with Gasteiger partial charge in [0.15, 0.2) is 0 Å². The van der Waals surface area contributed by atoms with E-state index in [0.29, 0.717) is 25.7 Å². The molecule has 2 aliphatic heterocycles. The summed E-state index contributed by atoms with van der Waals surface area (Å²) in [6.07, 6.45) is 2.70. The quantitative estimate of drug-likeness (QED) is 0.731. The van der Waals surface area contributed by atoms with E-state index in [1.165, 1.54) is 0 Å². The maximum Gasteiger partial charge on any atom is 0.222 e. The van der Waals surface area contributed by atoms with Gasteiger partial charge < -0.3 is 20.3 Å². The molecule has 0 aromatic carbocycles. The Morgan fingerprint density at radius 3 is 2.71 bits per heavy atom. The first kappa shape index (κ1) is 12.8. The van der Waals surface area contributed by atoms with Crippen molar-refractivity contribution in [3.05, 3.63) is 0 Å². The number of amides is 1. The number of hydrogen-bond acceptors (Lipinski definition) is 4. The first-order chi connectivity index (χ1) is 8.25. The summed E-state index contributed by atoms with van der Waals surface area (Å²) in [4.78, 5) is 16.1. The first-order valence-corrected chi connectivity index (χ1v) is 6.59. The predicted molar refractivity (Wildman–Crippen MR) is 65.7 cm³/mol. The minimum atomic E-state index is 0.275. The van der Waals surface area contributed by atoms with Crippen LogP contribution in [-0.4, -0.2) is 67.7 Å². The molecule has 1 amide bonds. The fourth-order valence-corrected chi connectivity index (χ4v) is 2.49. The zero-order chi connectivity index (χ0) is 12.1. The number of carbonyl (C=O) groups excluding carboxylic acids is 1. The van der Waals surface area contributed by atoms with Gasteiger partial charge in [-0.3, -0.25) is 4.79 Å². The van der Waals surface area contributed by atoms with Crippen molar-refractivity contribution in [3.63, 3.8) is 0 Å². The fourth-order valence-electron chi connectivity index (χ4n) is 2.49. The minimum absolute atomic E-state index is 0.275. The van der Waals surface area contributed by atoms with Crippen LogP contribution in [0, 0.1) is 0 Å². The van der Waals surface area contributed by atoms with Crippen LogP contribution in [0.25, 0.3) is 0 Å². The molecule has 0 radical (unpaired) electrons. The highest BCUT2D eigenvalue weighted by atomic mass is 16.5. The molecule has 2 rings (SSSR count). The maximum absolute atomic E-state index is 11.9. The van der Waals surface area contributed by atoms with Crippen molar-refractivity contribution in [2.45, 2.75) is 25.3 Å². The Morgan fingerprint density at radius 1 is 1.29 bits per heavy atom. The molecule has 5 heteroatoms. The van der Waals surface area contributed by atoms with Crippen molar-refractivity contribution >= 4 is 5.91 Å². The Kier molecular flexibility index (Phi) is 4.76. The maximum atomic E-state index is 11.9. The molecule has 2 saturated heterocycles. The normalized spacial score (nSPS) is 26.4. The SMILES string of the molecule is N[C@H]1CCN(CCCC(=O)N2CCOCC2)C1. The lowest BCUT2D eigenvalue weighted by Crippen LogP contribution is -2.40. The molecule has 5 nitrogen and oxygen atoms in total. The summed E-state index contributed by atoms with van der Waals surface area (Å²) in [5, 5.41) is 0. The third kappa shape index (κ3) is 3.94. The van der Waals surface area contributed by atoms with Crippen molar-refractivity contribution in [2.24, 2.45) is 5.73 Å². The number of morpholine rings is 1. The monoisotopic (exact) mass is 241 g/mol. The molecule has 0 aromatic heterocycles. The predicted octanol–water partition coefficient (Wildman–Crippen LogP) is -0.342. The Hall–Kier alpha value is -0.650. The van der Waals surface area contributed by atoms with Crippen LogP contribution in [0.5, 0.6) is 0 Å². The topological polar surface area (TPSA) is 58.8 Å². The number of ether oxygens (including phenoxy) is 1. The van der Waals surface area contributed by atoms with Gasteiger partial charge >= 0.3 is 0 Å². The van der Waals surface area contributed by atoms with Crippen LogP contribution < -0.4 is 5.73 Å². The van der Waals surface area contributed by atoms with Gasteiger partial charge in [-0.25, -0.2) is 0 Å². The van der Waals surface area contributed by atoms with E-state index in [1.54, 1.807) is 0 Å². The van der Waals surface area contributed by atoms with E-state index in [1.807, 2.05) is 4.90 Å². The van der Waals surface area contributed by atoms with Gasteiger partial charge in [0, 0.05) is 32.1 Å². The van der Waals surface area contributed by atoms with Crippen LogP contribution in [0.2, 0.25) is 0 Å². The summed E-state index contributed by atoms with van der Waals surface area (Å²) in [6, 6.07) is 0.338. The summed E-state index contributed by atoms with van der Waals surface area (Å²) in [6.45, 7) is 5.97. The molecule has 17 heavy (non-hydrogen) atoms. The second kappa shape index (κ2) is 6.33. The van der Waals surface area contributed by atoms with Gasteiger partial charge in [-0.1, -0.05) is 0 Å². The van der Waals surface area contributed by atoms with Gasteiger partial charge in [0.2, 0.25) is 5.91 Å². The first-order valence-electron chi connectivity index (χ1n) is 6.59. The van der Waals surface area contributed by atoms with E-state index in [2.05, 4.69) is 4.90 Å². The van der Waals surface area contributed by atoms with Crippen molar-refractivity contribution in [1.29, 1.82) is 0 Å². The lowest BCUT2D eigenvalue weighted by atomic mass is 10.2. The summed E-state index contributed by atoms with van der Waals surface area (Å²) in [7, 11) is 0. The third-order valence-electron chi connectivity index (χ3n) is 3.54. The molecular formula is C12H23N3O2. The summed E-state index contributed by atoms with van der Waals surface area (Å²) >= 11 is 0. The Bertz CT molecular complexity index is 254. The third-order valence-corrected chi connectivity index (χ3v) is 3.54. The zero-order valence-corrected chi connectivity index (χ0v) is 10.4. The van der Waals surface area contributed by atoms with Crippen LogP contribution in [0.15, 0.2) is 0 Å². The highest BCUT2D eigenvalue weighted by Crippen LogP contribution is 2.09. The van der Waals surface area contributed by atoms with Crippen molar-refractivity contribution in [3.8, 4) is 0 Å². The molecule has 0 aromatic rings. The van der Waals surface area contributed by atoms with Gasteiger partial charge in [0.25, 0.3) is 0 Å². The van der Waals surface area contributed by atoms with Crippen LogP contribution in [-0.2, 0) is 9.53 Å². The molecule has 2 aliphatic rings. The van der Waals surface area contributed by atoms with Crippen molar-refractivity contribution in [1.82, 2.24) is 9.80 Å². The highest BCUT2D eigenvalue weighted by Gasteiger charge is 2.20. The second-order valence-electron chi connectivity index (χ2n) is 4.95. The molecule has 0 aliphatic carbocycles. The molecule has 0 saturated carbocycles. The van der Waals surface area contributed by atoms with Gasteiger partial charge in [-0.2, -0.15) is 0 Å². The number of hydrogen-bond donors (Lipinski definition) is 1. The molecule has 0 unspecified atom stereocenters. The largest absolute Gasteiger partial charge is 0.378 e. The van der Waals surface area contributed by atoms with E-state index in [9.17, 15) is 4.79 Å². The van der Waals surface area contributed by atoms with E-state index < -0.39 is 0 Å². The van der Waals surface area contributed by atoms with Crippen LogP contribution in [0.4, 0.5) is 0 Å². The summed E-state index contributed by atoms with van der Waals surface area (Å²) in [5.41, 5.74) is 5.84. The van der Waals surface area contributed by atoms with Crippen LogP contribution in [0.3, 0.4) is 0 Å². The zero-order valence-electron chi connectivity index (χ0n) is 10.4. The van der Waals surface area contributed by atoms with Crippen molar-refractivity contribution < 1.29 is 9.53 Å². The Labute approximate surface area is 103 Å². The second-order valence-corrected chi connectivity index (χ2v) is 4.95. The number of nitrogens with two attached hydrogens (primary N) is 1. The number of nitrogens with zero attached hydrogens (tertiary/aromatic N) is 2. The Balaban J connectivity index is 1.59. The van der Waals surface area contributed by atoms with E-state index in [0.717, 1.165) is 45.6 Å². The average Bonchev–Trinajstić information content (AvgIpc) is 2.76. The Morgan fingerprint density at radius 2 is 2.06 bits per heavy atom. The number of likely N-dealkylation sites (tertiary alicyclic amines) is 1. The van der Waals surface area contributed by atoms with Gasteiger partial charge in [-0.05, 0) is 25.9 Å². The number of carbonyl (C=O) groups is 1. The molecule has 1 atom stereocenters. The molecule has 0 bridgehead atoms. The fraction of sp³-hybridized carbons (Fsp3) is 0.917. The summed E-state index contributed by atoms with van der Waals surface area (Å²) < 4.78 is 5.23. The van der Waals surface area contributed by atoms with Crippen LogP contribution in [0.1, 0.15) is 19.3 Å². The average molecular weight is 241 g/mol. The minimum Gasteiger partial charge on any atom is -0.378 e. The standard InChI is InChI=1S/C12H23N3O2/c13-11-3-5-14(10-11)4-1-2-12(16)15-6-8-17-9-7-15/h11H,1-10,13H2/t11-/m0/s1. The van der Waals surface area contributed by atoms with Gasteiger partial charge in [0.1, 0.15) is 0 Å². The molecular weight excluding hydrogens is 218 g/mol. The lowest BCUT2D eigenvalue weighted by molar-refractivity contribution is -0.135. The summed E-state index contributed by atoms with van der Waals surface area (Å²) in [5.74, 6) is 0.275. The van der Waals surface area contributed by atoms with E-state index in [4.69, 9.17) is 10.5 Å². The molecule has 2 N–H and O–H groups in total. The molecule has 2 heterocycles. The number of rotatable bonds is 4. The molecule has 2 fully saturated rings. The highest BCUT2D eigenvalue weighted by molar-refractivity contribution is 5.76. The smallest absolute Gasteiger partial charge is 0.222 e. The lowest BCUT2D eigenvalue weighted by Gasteiger charge is -2.27. The van der Waals surface area contributed by atoms with E-state index >= 15 is 0 Å².